The molecular formula is C13H20N2O2. The second kappa shape index (κ2) is 5.02. The van der Waals surface area contributed by atoms with E-state index in [9.17, 15) is 5.11 Å². The molecule has 2 atom stereocenters. The molecule has 1 aromatic rings. The van der Waals surface area contributed by atoms with E-state index in [0.29, 0.717) is 5.92 Å². The van der Waals surface area contributed by atoms with Gasteiger partial charge < -0.3 is 15.1 Å². The predicted molar refractivity (Wildman–Crippen MR) is 66.9 cm³/mol. The van der Waals surface area contributed by atoms with Crippen molar-refractivity contribution >= 4 is 5.82 Å². The van der Waals surface area contributed by atoms with E-state index in [1.165, 1.54) is 0 Å². The lowest BCUT2D eigenvalue weighted by atomic mass is 10.0. The minimum absolute atomic E-state index is 0.0218. The van der Waals surface area contributed by atoms with Crippen LogP contribution in [0.2, 0.25) is 0 Å². The van der Waals surface area contributed by atoms with Gasteiger partial charge in [0.1, 0.15) is 5.82 Å². The Morgan fingerprint density at radius 2 is 2.24 bits per heavy atom. The zero-order valence-corrected chi connectivity index (χ0v) is 10.4. The number of aryl methyl sites for hydroxylation is 1. The number of anilines is 1. The monoisotopic (exact) mass is 236 g/mol. The Morgan fingerprint density at radius 3 is 2.82 bits per heavy atom. The maximum absolute atomic E-state index is 9.45. The van der Waals surface area contributed by atoms with Gasteiger partial charge in [0.2, 0.25) is 0 Å². The summed E-state index contributed by atoms with van der Waals surface area (Å²) in [5.41, 5.74) is 1.89. The standard InChI is InChI=1S/C13H20N2O2/c1-9-3-4-15(12(9)8-17)13-10(2)5-11(7-16)6-14-13/h5-6,9,12,16-17H,3-4,7-8H2,1-2H3. The molecule has 1 aliphatic heterocycles. The Hall–Kier alpha value is -1.13. The fourth-order valence-corrected chi connectivity index (χ4v) is 2.56. The Bertz CT molecular complexity index is 395. The lowest BCUT2D eigenvalue weighted by molar-refractivity contribution is 0.244. The predicted octanol–water partition coefficient (Wildman–Crippen LogP) is 1.09. The van der Waals surface area contributed by atoms with Crippen molar-refractivity contribution in [2.45, 2.75) is 32.9 Å². The van der Waals surface area contributed by atoms with Gasteiger partial charge in [-0.2, -0.15) is 0 Å². The summed E-state index contributed by atoms with van der Waals surface area (Å²) in [4.78, 5) is 6.60. The van der Waals surface area contributed by atoms with Gasteiger partial charge in [0, 0.05) is 12.7 Å². The van der Waals surface area contributed by atoms with E-state index in [1.54, 1.807) is 6.20 Å². The first-order chi connectivity index (χ1) is 8.17. The van der Waals surface area contributed by atoms with E-state index in [2.05, 4.69) is 16.8 Å². The molecule has 0 aliphatic carbocycles. The highest BCUT2D eigenvalue weighted by Crippen LogP contribution is 2.30. The molecule has 94 valence electrons. The molecule has 2 heterocycles. The lowest BCUT2D eigenvalue weighted by Crippen LogP contribution is -2.36. The van der Waals surface area contributed by atoms with Crippen LogP contribution in [0.4, 0.5) is 5.82 Å². The van der Waals surface area contributed by atoms with E-state index < -0.39 is 0 Å². The molecule has 1 saturated heterocycles. The molecule has 1 fully saturated rings. The van der Waals surface area contributed by atoms with Crippen LogP contribution >= 0.6 is 0 Å². The lowest BCUT2D eigenvalue weighted by Gasteiger charge is -2.27. The highest BCUT2D eigenvalue weighted by molar-refractivity contribution is 5.49. The third-order valence-electron chi connectivity index (χ3n) is 3.63. The number of aliphatic hydroxyl groups excluding tert-OH is 2. The average Bonchev–Trinajstić information content (AvgIpc) is 2.70. The van der Waals surface area contributed by atoms with Crippen molar-refractivity contribution < 1.29 is 10.2 Å². The van der Waals surface area contributed by atoms with Crippen LogP contribution in [0.1, 0.15) is 24.5 Å². The molecule has 4 nitrogen and oxygen atoms in total. The minimum Gasteiger partial charge on any atom is -0.394 e. The van der Waals surface area contributed by atoms with Gasteiger partial charge >= 0.3 is 0 Å². The SMILES string of the molecule is Cc1cc(CO)cnc1N1CCC(C)C1CO. The third kappa shape index (κ3) is 2.28. The summed E-state index contributed by atoms with van der Waals surface area (Å²) in [6.07, 6.45) is 2.80. The van der Waals surface area contributed by atoms with Crippen molar-refractivity contribution in [2.75, 3.05) is 18.1 Å². The maximum Gasteiger partial charge on any atom is 0.131 e. The van der Waals surface area contributed by atoms with E-state index in [4.69, 9.17) is 5.11 Å². The van der Waals surface area contributed by atoms with Crippen LogP contribution in [-0.4, -0.2) is 34.4 Å². The van der Waals surface area contributed by atoms with Gasteiger partial charge in [-0.1, -0.05) is 6.92 Å². The van der Waals surface area contributed by atoms with Crippen molar-refractivity contribution in [3.8, 4) is 0 Å². The molecule has 4 heteroatoms. The topological polar surface area (TPSA) is 56.6 Å². The highest BCUT2D eigenvalue weighted by atomic mass is 16.3. The summed E-state index contributed by atoms with van der Waals surface area (Å²) in [6.45, 7) is 5.30. The van der Waals surface area contributed by atoms with E-state index >= 15 is 0 Å². The number of nitrogens with zero attached hydrogens (tertiary/aromatic N) is 2. The van der Waals surface area contributed by atoms with Crippen LogP contribution in [0.3, 0.4) is 0 Å². The molecule has 2 rings (SSSR count). The number of hydrogen-bond donors (Lipinski definition) is 2. The molecule has 0 aromatic carbocycles. The summed E-state index contributed by atoms with van der Waals surface area (Å²) in [5, 5.41) is 18.5. The van der Waals surface area contributed by atoms with Crippen molar-refractivity contribution in [1.82, 2.24) is 4.98 Å². The molecule has 1 aliphatic rings. The molecule has 1 aromatic heterocycles. The van der Waals surface area contributed by atoms with Gasteiger partial charge in [-0.05, 0) is 36.5 Å². The molecular weight excluding hydrogens is 216 g/mol. The first-order valence-corrected chi connectivity index (χ1v) is 6.11. The van der Waals surface area contributed by atoms with E-state index in [-0.39, 0.29) is 19.3 Å². The minimum atomic E-state index is 0.0218. The smallest absolute Gasteiger partial charge is 0.131 e. The van der Waals surface area contributed by atoms with Crippen molar-refractivity contribution in [3.63, 3.8) is 0 Å². The van der Waals surface area contributed by atoms with Crippen molar-refractivity contribution in [3.05, 3.63) is 23.4 Å². The molecule has 2 N–H and O–H groups in total. The van der Waals surface area contributed by atoms with E-state index in [1.807, 2.05) is 13.0 Å². The first-order valence-electron chi connectivity index (χ1n) is 6.11. The number of aliphatic hydroxyl groups is 2. The first kappa shape index (κ1) is 12.3. The van der Waals surface area contributed by atoms with Gasteiger partial charge in [-0.3, -0.25) is 0 Å². The zero-order valence-electron chi connectivity index (χ0n) is 10.4. The number of rotatable bonds is 3. The van der Waals surface area contributed by atoms with Crippen LogP contribution < -0.4 is 4.90 Å². The third-order valence-corrected chi connectivity index (χ3v) is 3.63. The second-order valence-corrected chi connectivity index (χ2v) is 4.85. The van der Waals surface area contributed by atoms with Crippen LogP contribution in [-0.2, 0) is 6.61 Å². The second-order valence-electron chi connectivity index (χ2n) is 4.85. The summed E-state index contributed by atoms with van der Waals surface area (Å²) in [6, 6.07) is 2.13. The van der Waals surface area contributed by atoms with Crippen LogP contribution in [0.5, 0.6) is 0 Å². The molecule has 2 unspecified atom stereocenters. The van der Waals surface area contributed by atoms with Crippen molar-refractivity contribution in [2.24, 2.45) is 5.92 Å². The van der Waals surface area contributed by atoms with E-state index in [0.717, 1.165) is 29.9 Å². The number of aromatic nitrogens is 1. The normalized spacial score (nSPS) is 24.4. The fourth-order valence-electron chi connectivity index (χ4n) is 2.56. The highest BCUT2D eigenvalue weighted by Gasteiger charge is 2.32. The molecule has 0 radical (unpaired) electrons. The molecule has 0 spiro atoms. The number of hydrogen-bond acceptors (Lipinski definition) is 4. The van der Waals surface area contributed by atoms with Gasteiger partial charge in [-0.25, -0.2) is 4.98 Å². The maximum atomic E-state index is 9.45. The summed E-state index contributed by atoms with van der Waals surface area (Å²) >= 11 is 0. The van der Waals surface area contributed by atoms with Crippen molar-refractivity contribution in [1.29, 1.82) is 0 Å². The molecule has 0 bridgehead atoms. The Balaban J connectivity index is 2.28. The van der Waals surface area contributed by atoms with Crippen LogP contribution in [0.25, 0.3) is 0 Å². The van der Waals surface area contributed by atoms with Gasteiger partial charge in [0.05, 0.1) is 19.3 Å². The largest absolute Gasteiger partial charge is 0.394 e. The molecule has 0 amide bonds. The number of pyridine rings is 1. The zero-order chi connectivity index (χ0) is 12.4. The molecule has 0 saturated carbocycles. The van der Waals surface area contributed by atoms with Crippen LogP contribution in [0, 0.1) is 12.8 Å². The van der Waals surface area contributed by atoms with Crippen LogP contribution in [0.15, 0.2) is 12.3 Å². The quantitative estimate of drug-likeness (QED) is 0.825. The van der Waals surface area contributed by atoms with Gasteiger partial charge in [0.25, 0.3) is 0 Å². The summed E-state index contributed by atoms with van der Waals surface area (Å²) < 4.78 is 0. The van der Waals surface area contributed by atoms with Gasteiger partial charge in [0.15, 0.2) is 0 Å². The Kier molecular flexibility index (Phi) is 3.64. The summed E-state index contributed by atoms with van der Waals surface area (Å²) in [7, 11) is 0. The average molecular weight is 236 g/mol. The molecule has 17 heavy (non-hydrogen) atoms. The fraction of sp³-hybridized carbons (Fsp3) is 0.615. The van der Waals surface area contributed by atoms with Gasteiger partial charge in [-0.15, -0.1) is 0 Å². The Morgan fingerprint density at radius 1 is 1.47 bits per heavy atom. The summed E-state index contributed by atoms with van der Waals surface area (Å²) in [5.74, 6) is 1.43. The Labute approximate surface area is 102 Å².